The van der Waals surface area contributed by atoms with E-state index in [1.54, 1.807) is 0 Å². The van der Waals surface area contributed by atoms with Crippen molar-refractivity contribution in [3.05, 3.63) is 11.5 Å². The molecule has 4 nitrogen and oxygen atoms in total. The average molecular weight is 174 g/mol. The van der Waals surface area contributed by atoms with Crippen LogP contribution in [0, 0.1) is 0 Å². The largest absolute Gasteiger partial charge is 0.507 e. The second kappa shape index (κ2) is 3.25. The maximum Gasteiger partial charge on any atom is 0.507 e. The lowest BCUT2D eigenvalue weighted by Crippen LogP contribution is -2.35. The van der Waals surface area contributed by atoms with Crippen LogP contribution in [0.2, 0.25) is 5.28 Å². The van der Waals surface area contributed by atoms with Gasteiger partial charge in [-0.05, 0) is 18.5 Å². The van der Waals surface area contributed by atoms with Crippen LogP contribution in [-0.4, -0.2) is 26.7 Å². The Morgan fingerprint density at radius 3 is 2.73 bits per heavy atom. The van der Waals surface area contributed by atoms with E-state index < -0.39 is 7.12 Å². The van der Waals surface area contributed by atoms with Gasteiger partial charge in [-0.2, -0.15) is 0 Å². The number of hydrogen-bond acceptors (Lipinski definition) is 3. The van der Waals surface area contributed by atoms with E-state index in [1.165, 1.54) is 10.8 Å². The van der Waals surface area contributed by atoms with Gasteiger partial charge in [0.05, 0.1) is 5.59 Å². The van der Waals surface area contributed by atoms with Gasteiger partial charge in [-0.25, -0.2) is 4.98 Å². The number of imidazole rings is 1. The molecule has 0 aliphatic rings. The highest BCUT2D eigenvalue weighted by Crippen LogP contribution is 2.02. The third-order valence-corrected chi connectivity index (χ3v) is 1.72. The first kappa shape index (κ1) is 8.58. The third kappa shape index (κ3) is 1.56. The highest BCUT2D eigenvalue weighted by molar-refractivity contribution is 6.57. The summed E-state index contributed by atoms with van der Waals surface area (Å²) >= 11 is 5.62. The third-order valence-electron chi connectivity index (χ3n) is 1.42. The van der Waals surface area contributed by atoms with Gasteiger partial charge >= 0.3 is 7.12 Å². The monoisotopic (exact) mass is 174 g/mol. The Morgan fingerprint density at radius 1 is 1.73 bits per heavy atom. The lowest BCUT2D eigenvalue weighted by Gasteiger charge is -2.03. The number of aromatic nitrogens is 2. The Morgan fingerprint density at radius 2 is 2.36 bits per heavy atom. The van der Waals surface area contributed by atoms with Gasteiger partial charge in [-0.3, -0.25) is 0 Å². The van der Waals surface area contributed by atoms with Crippen LogP contribution in [0.25, 0.3) is 0 Å². The van der Waals surface area contributed by atoms with Crippen LogP contribution < -0.4 is 5.59 Å². The van der Waals surface area contributed by atoms with Crippen molar-refractivity contribution in [3.8, 4) is 0 Å². The minimum absolute atomic E-state index is 0.274. The topological polar surface area (TPSA) is 58.3 Å². The Balaban J connectivity index is 3.05. The number of halogens is 1. The van der Waals surface area contributed by atoms with Crippen LogP contribution in [0.5, 0.6) is 0 Å². The number of nitrogens with zero attached hydrogens (tertiary/aromatic N) is 2. The molecule has 0 amide bonds. The summed E-state index contributed by atoms with van der Waals surface area (Å²) in [6.07, 6.45) is 1.34. The van der Waals surface area contributed by atoms with Crippen molar-refractivity contribution in [1.29, 1.82) is 0 Å². The first-order valence-corrected chi connectivity index (χ1v) is 3.61. The van der Waals surface area contributed by atoms with Gasteiger partial charge in [0, 0.05) is 12.7 Å². The molecule has 0 atom stereocenters. The molecule has 1 aromatic rings. The van der Waals surface area contributed by atoms with Gasteiger partial charge in [-0.15, -0.1) is 0 Å². The molecular weight excluding hydrogens is 166 g/mol. The van der Waals surface area contributed by atoms with Gasteiger partial charge in [0.2, 0.25) is 5.28 Å². The summed E-state index contributed by atoms with van der Waals surface area (Å²) in [7, 11) is -1.50. The summed E-state index contributed by atoms with van der Waals surface area (Å²) in [5, 5.41) is 17.8. The van der Waals surface area contributed by atoms with E-state index in [1.807, 2.05) is 6.92 Å². The fourth-order valence-corrected chi connectivity index (χ4v) is 1.15. The molecule has 2 N–H and O–H groups in total. The molecule has 0 saturated carbocycles. The van der Waals surface area contributed by atoms with Crippen molar-refractivity contribution in [2.75, 3.05) is 0 Å². The predicted molar refractivity (Wildman–Crippen MR) is 42.7 cm³/mol. The van der Waals surface area contributed by atoms with Crippen molar-refractivity contribution in [1.82, 2.24) is 9.55 Å². The number of rotatable bonds is 2. The summed E-state index contributed by atoms with van der Waals surface area (Å²) in [6.45, 7) is 2.42. The molecule has 11 heavy (non-hydrogen) atoms. The first-order chi connectivity index (χ1) is 5.16. The molecule has 0 saturated heterocycles. The SMILES string of the molecule is CCn1c(B(O)O)cnc1Cl. The molecule has 1 aromatic heterocycles. The molecule has 0 aliphatic heterocycles. The van der Waals surface area contributed by atoms with Crippen molar-refractivity contribution >= 4 is 24.3 Å². The van der Waals surface area contributed by atoms with Crippen LogP contribution in [0.1, 0.15) is 6.92 Å². The van der Waals surface area contributed by atoms with E-state index in [0.717, 1.165) is 0 Å². The maximum atomic E-state index is 8.79. The van der Waals surface area contributed by atoms with E-state index in [0.29, 0.717) is 12.1 Å². The Kier molecular flexibility index (Phi) is 2.54. The summed E-state index contributed by atoms with van der Waals surface area (Å²) < 4.78 is 1.52. The molecule has 0 aromatic carbocycles. The van der Waals surface area contributed by atoms with Crippen molar-refractivity contribution < 1.29 is 10.0 Å². The van der Waals surface area contributed by atoms with Gasteiger partial charge in [-0.1, -0.05) is 0 Å². The van der Waals surface area contributed by atoms with Crippen LogP contribution in [0.4, 0.5) is 0 Å². The predicted octanol–water partition coefficient (Wildman–Crippen LogP) is -0.764. The Bertz CT molecular complexity index is 251. The fourth-order valence-electron chi connectivity index (χ4n) is 0.884. The average Bonchev–Trinajstić information content (AvgIpc) is 2.30. The van der Waals surface area contributed by atoms with Crippen LogP contribution in [-0.2, 0) is 6.54 Å². The van der Waals surface area contributed by atoms with Crippen molar-refractivity contribution in [3.63, 3.8) is 0 Å². The van der Waals surface area contributed by atoms with E-state index in [-0.39, 0.29) is 5.28 Å². The standard InChI is InChI=1S/C5H8BClN2O2/c1-2-9-4(6(10)11)3-8-5(9)7/h3,10-11H,2H2,1H3. The fraction of sp³-hybridized carbons (Fsp3) is 0.400. The molecule has 6 heteroatoms. The van der Waals surface area contributed by atoms with Crippen LogP contribution in [0.15, 0.2) is 6.20 Å². The molecule has 0 spiro atoms. The van der Waals surface area contributed by atoms with Gasteiger partial charge in [0.15, 0.2) is 0 Å². The van der Waals surface area contributed by atoms with Crippen molar-refractivity contribution in [2.24, 2.45) is 0 Å². The second-order valence-corrected chi connectivity index (χ2v) is 2.41. The molecule has 1 rings (SSSR count). The summed E-state index contributed by atoms with van der Waals surface area (Å²) in [5.74, 6) is 0. The van der Waals surface area contributed by atoms with Gasteiger partial charge < -0.3 is 14.6 Å². The highest BCUT2D eigenvalue weighted by Gasteiger charge is 2.17. The molecule has 60 valence electrons. The van der Waals surface area contributed by atoms with E-state index in [2.05, 4.69) is 4.98 Å². The zero-order valence-corrected chi connectivity index (χ0v) is 6.78. The quantitative estimate of drug-likeness (QED) is 0.579. The minimum Gasteiger partial charge on any atom is -0.422 e. The highest BCUT2D eigenvalue weighted by atomic mass is 35.5. The minimum atomic E-state index is -1.50. The maximum absolute atomic E-state index is 8.79. The van der Waals surface area contributed by atoms with Gasteiger partial charge in [0.25, 0.3) is 0 Å². The zero-order valence-electron chi connectivity index (χ0n) is 6.03. The first-order valence-electron chi connectivity index (χ1n) is 3.24. The molecule has 0 radical (unpaired) electrons. The van der Waals surface area contributed by atoms with E-state index in [4.69, 9.17) is 21.6 Å². The molecule has 0 fully saturated rings. The molecule has 0 bridgehead atoms. The number of hydrogen-bond donors (Lipinski definition) is 2. The second-order valence-electron chi connectivity index (χ2n) is 2.07. The lowest BCUT2D eigenvalue weighted by molar-refractivity contribution is 0.422. The molecule has 1 heterocycles. The Labute approximate surface area is 69.6 Å². The van der Waals surface area contributed by atoms with Crippen molar-refractivity contribution in [2.45, 2.75) is 13.5 Å². The van der Waals surface area contributed by atoms with Crippen LogP contribution in [0.3, 0.4) is 0 Å². The van der Waals surface area contributed by atoms with E-state index in [9.17, 15) is 0 Å². The zero-order chi connectivity index (χ0) is 8.43. The molecule has 0 unspecified atom stereocenters. The smallest absolute Gasteiger partial charge is 0.422 e. The summed E-state index contributed by atoms with van der Waals surface area (Å²) in [4.78, 5) is 3.72. The lowest BCUT2D eigenvalue weighted by atomic mass is 9.87. The van der Waals surface area contributed by atoms with Crippen LogP contribution >= 0.6 is 11.6 Å². The normalized spacial score (nSPS) is 10.2. The molecular formula is C5H8BClN2O2. The van der Waals surface area contributed by atoms with Gasteiger partial charge in [0.1, 0.15) is 0 Å². The summed E-state index contributed by atoms with van der Waals surface area (Å²) in [6, 6.07) is 0. The summed E-state index contributed by atoms with van der Waals surface area (Å²) in [5.41, 5.74) is 0.317. The van der Waals surface area contributed by atoms with E-state index >= 15 is 0 Å². The molecule has 0 aliphatic carbocycles. The Hall–Kier alpha value is -0.515.